The molecule has 0 aromatic rings. The van der Waals surface area contributed by atoms with E-state index in [0.717, 1.165) is 0 Å². The molecular weight excluding hydrogens is 112 g/mol. The Labute approximate surface area is 58.1 Å². The summed E-state index contributed by atoms with van der Waals surface area (Å²) in [5.74, 6) is 0. The van der Waals surface area contributed by atoms with Crippen LogP contribution in [-0.4, -0.2) is 20.1 Å². The minimum atomic E-state index is 1.25. The van der Waals surface area contributed by atoms with Crippen LogP contribution < -0.4 is 11.1 Å². The molecule has 0 bridgehead atoms. The molecule has 1 aliphatic heterocycles. The van der Waals surface area contributed by atoms with Gasteiger partial charge in [-0.1, -0.05) is 0 Å². The second-order valence-electron chi connectivity index (χ2n) is 1.46. The van der Waals surface area contributed by atoms with Crippen molar-refractivity contribution in [3.8, 4) is 0 Å². The van der Waals surface area contributed by atoms with Crippen LogP contribution in [0, 0.1) is 0 Å². The summed E-state index contributed by atoms with van der Waals surface area (Å²) in [6.07, 6.45) is 2.78. The first-order valence-electron chi connectivity index (χ1n) is 3.28. The predicted molar refractivity (Wildman–Crippen MR) is 43.5 cm³/mol. The van der Waals surface area contributed by atoms with Crippen LogP contribution in [0.5, 0.6) is 0 Å². The fourth-order valence-corrected chi connectivity index (χ4v) is 0.625. The molecule has 0 atom stereocenters. The average molecular weight is 130 g/mol. The lowest BCUT2D eigenvalue weighted by molar-refractivity contribution is 0.857. The minimum Gasteiger partial charge on any atom is -0.333 e. The monoisotopic (exact) mass is 130 g/mol. The molecule has 0 saturated carbocycles. The maximum Gasteiger partial charge on any atom is -0.00484 e. The van der Waals surface area contributed by atoms with Crippen LogP contribution in [0.3, 0.4) is 0 Å². The molecular formula is C7H18N2. The molecule has 1 fully saturated rings. The van der Waals surface area contributed by atoms with Gasteiger partial charge in [0.15, 0.2) is 0 Å². The molecule has 1 heterocycles. The second kappa shape index (κ2) is 15.6. The first-order chi connectivity index (χ1) is 4.50. The smallest absolute Gasteiger partial charge is 0.00484 e. The first-order valence-corrected chi connectivity index (χ1v) is 3.28. The quantitative estimate of drug-likeness (QED) is 0.475. The van der Waals surface area contributed by atoms with Gasteiger partial charge in [-0.3, -0.25) is 0 Å². The molecule has 0 radical (unpaired) electrons. The maximum absolute atomic E-state index is 4.50. The van der Waals surface area contributed by atoms with Crippen molar-refractivity contribution in [2.75, 3.05) is 20.1 Å². The molecule has 1 saturated heterocycles. The Morgan fingerprint density at radius 2 is 1.44 bits per heavy atom. The lowest BCUT2D eigenvalue weighted by Gasteiger charge is -1.76. The number of rotatable bonds is 0. The van der Waals surface area contributed by atoms with E-state index in [1.54, 1.807) is 0 Å². The van der Waals surface area contributed by atoms with Gasteiger partial charge in [0.25, 0.3) is 0 Å². The Balaban J connectivity index is 0. The Morgan fingerprint density at radius 3 is 1.56 bits per heavy atom. The van der Waals surface area contributed by atoms with Gasteiger partial charge in [0, 0.05) is 0 Å². The van der Waals surface area contributed by atoms with E-state index < -0.39 is 0 Å². The summed E-state index contributed by atoms with van der Waals surface area (Å²) in [6.45, 7) is 8.50. The maximum atomic E-state index is 4.50. The van der Waals surface area contributed by atoms with Crippen molar-refractivity contribution < 1.29 is 0 Å². The van der Waals surface area contributed by atoms with E-state index in [0.29, 0.717) is 0 Å². The lowest BCUT2D eigenvalue weighted by atomic mass is 10.4. The molecule has 0 aromatic heterocycles. The highest BCUT2D eigenvalue weighted by atomic mass is 14.9. The number of nitrogens with two attached hydrogens (primary N) is 1. The van der Waals surface area contributed by atoms with E-state index in [2.05, 4.69) is 24.2 Å². The van der Waals surface area contributed by atoms with Gasteiger partial charge in [-0.25, -0.2) is 0 Å². The van der Waals surface area contributed by atoms with Crippen LogP contribution in [-0.2, 0) is 0 Å². The Kier molecular flexibility index (Phi) is 19.9. The zero-order valence-electron chi connectivity index (χ0n) is 6.32. The summed E-state index contributed by atoms with van der Waals surface area (Å²) in [7, 11) is 1.50. The van der Waals surface area contributed by atoms with Crippen LogP contribution in [0.1, 0.15) is 12.8 Å². The third-order valence-corrected chi connectivity index (χ3v) is 0.957. The number of nitrogens with one attached hydrogen (secondary N) is 1. The Bertz CT molecular complexity index is 26.3. The van der Waals surface area contributed by atoms with Crippen LogP contribution in [0.15, 0.2) is 13.2 Å². The van der Waals surface area contributed by atoms with Gasteiger partial charge < -0.3 is 11.1 Å². The van der Waals surface area contributed by atoms with Crippen LogP contribution >= 0.6 is 0 Å². The van der Waals surface area contributed by atoms with Gasteiger partial charge in [-0.05, 0) is 33.0 Å². The summed E-state index contributed by atoms with van der Waals surface area (Å²) in [5.41, 5.74) is 4.50. The third kappa shape index (κ3) is 11.3. The van der Waals surface area contributed by atoms with E-state index in [1.807, 2.05) is 0 Å². The summed E-state index contributed by atoms with van der Waals surface area (Å²) < 4.78 is 0. The van der Waals surface area contributed by atoms with Gasteiger partial charge in [-0.15, -0.1) is 13.2 Å². The molecule has 1 aliphatic rings. The molecule has 56 valence electrons. The highest BCUT2D eigenvalue weighted by Gasteiger charge is 1.93. The number of hydrogen-bond acceptors (Lipinski definition) is 2. The SMILES string of the molecule is C1CCNC1.C=C.CN. The molecule has 3 N–H and O–H groups in total. The molecule has 0 aromatic carbocycles. The van der Waals surface area contributed by atoms with Gasteiger partial charge in [-0.2, -0.15) is 0 Å². The van der Waals surface area contributed by atoms with Crippen molar-refractivity contribution in [2.45, 2.75) is 12.8 Å². The Morgan fingerprint density at radius 1 is 1.11 bits per heavy atom. The molecule has 2 heteroatoms. The van der Waals surface area contributed by atoms with E-state index in [9.17, 15) is 0 Å². The summed E-state index contributed by atoms with van der Waals surface area (Å²) in [4.78, 5) is 0. The summed E-state index contributed by atoms with van der Waals surface area (Å²) in [6, 6.07) is 0. The van der Waals surface area contributed by atoms with Gasteiger partial charge in [0.05, 0.1) is 0 Å². The van der Waals surface area contributed by atoms with Crippen molar-refractivity contribution in [1.29, 1.82) is 0 Å². The van der Waals surface area contributed by atoms with Gasteiger partial charge in [0.1, 0.15) is 0 Å². The van der Waals surface area contributed by atoms with Crippen molar-refractivity contribution in [1.82, 2.24) is 5.32 Å². The fourth-order valence-electron chi connectivity index (χ4n) is 0.625. The first kappa shape index (κ1) is 11.5. The van der Waals surface area contributed by atoms with Crippen molar-refractivity contribution in [3.63, 3.8) is 0 Å². The molecule has 0 unspecified atom stereocenters. The topological polar surface area (TPSA) is 38.0 Å². The lowest BCUT2D eigenvalue weighted by Crippen LogP contribution is -2.03. The van der Waals surface area contributed by atoms with E-state index in [4.69, 9.17) is 0 Å². The van der Waals surface area contributed by atoms with Crippen molar-refractivity contribution in [3.05, 3.63) is 13.2 Å². The molecule has 1 rings (SSSR count). The Hall–Kier alpha value is -0.340. The van der Waals surface area contributed by atoms with Crippen LogP contribution in [0.2, 0.25) is 0 Å². The molecule has 2 nitrogen and oxygen atoms in total. The fraction of sp³-hybridized carbons (Fsp3) is 0.714. The van der Waals surface area contributed by atoms with Gasteiger partial charge >= 0.3 is 0 Å². The summed E-state index contributed by atoms with van der Waals surface area (Å²) >= 11 is 0. The van der Waals surface area contributed by atoms with Crippen molar-refractivity contribution in [2.24, 2.45) is 5.73 Å². The highest BCUT2D eigenvalue weighted by molar-refractivity contribution is 4.55. The van der Waals surface area contributed by atoms with Crippen LogP contribution in [0.4, 0.5) is 0 Å². The molecule has 0 aliphatic carbocycles. The zero-order chi connectivity index (χ0) is 7.54. The standard InChI is InChI=1S/C4H9N.C2H4.CH5N/c1-2-4-5-3-1;2*1-2/h5H,1-4H2;1-2H2;2H2,1H3. The average Bonchev–Trinajstić information content (AvgIpc) is 2.51. The predicted octanol–water partition coefficient (Wildman–Crippen LogP) is 0.747. The molecule has 9 heavy (non-hydrogen) atoms. The van der Waals surface area contributed by atoms with E-state index in [-0.39, 0.29) is 0 Å². The van der Waals surface area contributed by atoms with Crippen LogP contribution in [0.25, 0.3) is 0 Å². The summed E-state index contributed by atoms with van der Waals surface area (Å²) in [5, 5.41) is 3.22. The highest BCUT2D eigenvalue weighted by Crippen LogP contribution is 1.90. The largest absolute Gasteiger partial charge is 0.333 e. The normalized spacial score (nSPS) is 14.4. The third-order valence-electron chi connectivity index (χ3n) is 0.957. The molecule has 0 spiro atoms. The minimum absolute atomic E-state index is 1.25. The second-order valence-corrected chi connectivity index (χ2v) is 1.46. The zero-order valence-corrected chi connectivity index (χ0v) is 6.32. The van der Waals surface area contributed by atoms with E-state index in [1.165, 1.54) is 33.0 Å². The van der Waals surface area contributed by atoms with Crippen molar-refractivity contribution >= 4 is 0 Å². The molecule has 0 amide bonds. The number of hydrogen-bond donors (Lipinski definition) is 2. The van der Waals surface area contributed by atoms with E-state index >= 15 is 0 Å². The van der Waals surface area contributed by atoms with Gasteiger partial charge in [0.2, 0.25) is 0 Å².